The first-order valence-electron chi connectivity index (χ1n) is 9.66. The van der Waals surface area contributed by atoms with Gasteiger partial charge in [0, 0.05) is 28.4 Å². The van der Waals surface area contributed by atoms with Gasteiger partial charge in [0.15, 0.2) is 16.5 Å². The molecule has 0 amide bonds. The molecule has 0 bridgehead atoms. The third-order valence-corrected chi connectivity index (χ3v) is 6.85. The number of aliphatic carboxylic acids is 1. The number of hydrogen-bond acceptors (Lipinski definition) is 8. The largest absolute Gasteiger partial charge is 0.480 e. The molecular formula is C21H19N3O7S2. The molecule has 0 saturated heterocycles. The van der Waals surface area contributed by atoms with E-state index in [-0.39, 0.29) is 27.4 Å². The summed E-state index contributed by atoms with van der Waals surface area (Å²) in [6.07, 6.45) is 1.51. The second-order valence-electron chi connectivity index (χ2n) is 7.13. The summed E-state index contributed by atoms with van der Waals surface area (Å²) in [7, 11) is -7.28. The van der Waals surface area contributed by atoms with Gasteiger partial charge < -0.3 is 19.2 Å². The average molecular weight is 490 g/mol. The lowest BCUT2D eigenvalue weighted by Gasteiger charge is -2.11. The molecule has 2 heterocycles. The molecule has 0 unspecified atom stereocenters. The Kier molecular flexibility index (Phi) is 5.95. The molecule has 0 aliphatic rings. The Labute approximate surface area is 190 Å². The highest BCUT2D eigenvalue weighted by Gasteiger charge is 2.30. The number of carbonyl (C=O) groups is 1. The van der Waals surface area contributed by atoms with E-state index < -0.39 is 39.2 Å². The molecule has 0 saturated carbocycles. The van der Waals surface area contributed by atoms with Crippen LogP contribution in [0.1, 0.15) is 5.69 Å². The predicted molar refractivity (Wildman–Crippen MR) is 123 cm³/mol. The monoisotopic (exact) mass is 489 g/mol. The van der Waals surface area contributed by atoms with Gasteiger partial charge in [0.05, 0.1) is 5.52 Å². The quantitative estimate of drug-likeness (QED) is 0.251. The number of thiol groups is 1. The molecule has 0 fully saturated rings. The van der Waals surface area contributed by atoms with Crippen LogP contribution in [0.25, 0.3) is 21.8 Å². The summed E-state index contributed by atoms with van der Waals surface area (Å²) in [5.41, 5.74) is 1.01. The average Bonchev–Trinajstić information content (AvgIpc) is 3.04. The van der Waals surface area contributed by atoms with Crippen LogP contribution in [0.5, 0.6) is 5.75 Å². The van der Waals surface area contributed by atoms with E-state index in [0.717, 1.165) is 0 Å². The van der Waals surface area contributed by atoms with Crippen LogP contribution in [0.15, 0.2) is 59.6 Å². The number of pyridine rings is 1. The number of aromatic nitrogens is 2. The first kappa shape index (κ1) is 22.6. The summed E-state index contributed by atoms with van der Waals surface area (Å²) in [6.45, 7) is 0.978. The van der Waals surface area contributed by atoms with Gasteiger partial charge in [0.2, 0.25) is 0 Å². The number of benzene rings is 2. The molecule has 10 nitrogen and oxygen atoms in total. The molecule has 2 aromatic carbocycles. The van der Waals surface area contributed by atoms with Crippen molar-refractivity contribution in [3.05, 3.63) is 60.4 Å². The van der Waals surface area contributed by atoms with E-state index >= 15 is 0 Å². The third kappa shape index (κ3) is 4.34. The zero-order valence-corrected chi connectivity index (χ0v) is 19.0. The molecule has 0 aliphatic heterocycles. The normalized spacial score (nSPS) is 11.8. The summed E-state index contributed by atoms with van der Waals surface area (Å²) in [4.78, 5) is 15.4. The molecule has 0 spiro atoms. The van der Waals surface area contributed by atoms with Gasteiger partial charge >= 0.3 is 16.1 Å². The van der Waals surface area contributed by atoms with Crippen LogP contribution >= 0.6 is 0 Å². The van der Waals surface area contributed by atoms with E-state index in [9.17, 15) is 26.7 Å². The van der Waals surface area contributed by atoms with Crippen molar-refractivity contribution in [3.63, 3.8) is 0 Å². The number of anilines is 1. The summed E-state index contributed by atoms with van der Waals surface area (Å²) in [5.74, 6) is -1.58. The molecule has 0 atom stereocenters. The van der Waals surface area contributed by atoms with Crippen molar-refractivity contribution in [2.24, 2.45) is 0 Å². The molecule has 33 heavy (non-hydrogen) atoms. The van der Waals surface area contributed by atoms with Crippen molar-refractivity contribution >= 4 is 54.3 Å². The molecule has 0 radical (unpaired) electrons. The predicted octanol–water partition coefficient (Wildman–Crippen LogP) is 2.33. The smallest absolute Gasteiger partial charge is 0.341 e. The fraction of sp³-hybridized carbons (Fsp3) is 0.143. The van der Waals surface area contributed by atoms with Crippen LogP contribution in [0.4, 0.5) is 5.69 Å². The maximum absolute atomic E-state index is 13.5. The number of carboxylic acid groups (broad SMARTS) is 1. The fourth-order valence-corrected chi connectivity index (χ4v) is 5.42. The van der Waals surface area contributed by atoms with Crippen molar-refractivity contribution in [1.29, 1.82) is 0 Å². The highest BCUT2D eigenvalue weighted by atomic mass is 32.2. The molecule has 4 rings (SSSR count). The van der Waals surface area contributed by atoms with Gasteiger partial charge in [-0.3, -0.25) is 9.78 Å². The summed E-state index contributed by atoms with van der Waals surface area (Å²) >= 11 is 0. The minimum atomic E-state index is -4.48. The van der Waals surface area contributed by atoms with Crippen molar-refractivity contribution in [2.45, 2.75) is 18.4 Å². The third-order valence-electron chi connectivity index (χ3n) is 5.03. The molecule has 2 aromatic heterocycles. The molecular weight excluding hydrogens is 470 g/mol. The van der Waals surface area contributed by atoms with E-state index in [0.29, 0.717) is 16.4 Å². The molecule has 172 valence electrons. The van der Waals surface area contributed by atoms with E-state index in [4.69, 9.17) is 4.18 Å². The van der Waals surface area contributed by atoms with Crippen LogP contribution in [0.2, 0.25) is 0 Å². The first-order chi connectivity index (χ1) is 15.7. The zero-order valence-electron chi connectivity index (χ0n) is 17.3. The Hall–Kier alpha value is -3.64. The summed E-state index contributed by atoms with van der Waals surface area (Å²) in [5, 5.41) is 12.9. The lowest BCUT2D eigenvalue weighted by molar-refractivity contribution is -0.137. The van der Waals surface area contributed by atoms with E-state index in [1.165, 1.54) is 29.8 Å². The van der Waals surface area contributed by atoms with Crippen LogP contribution in [-0.2, 0) is 32.2 Å². The number of nitrogens with one attached hydrogen (secondary N) is 1. The lowest BCUT2D eigenvalue weighted by atomic mass is 10.2. The Bertz CT molecular complexity index is 1560. The van der Waals surface area contributed by atoms with Gasteiger partial charge in [-0.2, -0.15) is 8.42 Å². The van der Waals surface area contributed by atoms with Crippen LogP contribution in [0, 0.1) is 6.92 Å². The number of rotatable bonds is 8. The van der Waals surface area contributed by atoms with Gasteiger partial charge in [-0.05, 0) is 31.2 Å². The maximum Gasteiger partial charge on any atom is 0.341 e. The van der Waals surface area contributed by atoms with Crippen LogP contribution in [-0.4, -0.2) is 43.3 Å². The van der Waals surface area contributed by atoms with Crippen molar-refractivity contribution in [1.82, 2.24) is 9.55 Å². The zero-order chi connectivity index (χ0) is 23.8. The molecule has 4 aromatic rings. The van der Waals surface area contributed by atoms with Gasteiger partial charge in [-0.1, -0.05) is 24.3 Å². The second kappa shape index (κ2) is 8.71. The number of hydrogen-bond donors (Lipinski definition) is 3. The summed E-state index contributed by atoms with van der Waals surface area (Å²) in [6, 6.07) is 13.0. The van der Waals surface area contributed by atoms with Crippen molar-refractivity contribution in [2.75, 3.05) is 11.2 Å². The lowest BCUT2D eigenvalue weighted by Crippen LogP contribution is -2.14. The Morgan fingerprint density at radius 2 is 1.88 bits per heavy atom. The SMILES string of the molecule is Cc1c(S(=O)(=O)Oc2cccc3cccnc23)c2c(NC[SH](=O)=O)cccc2n1CC(=O)O. The topological polar surface area (TPSA) is 145 Å². The maximum atomic E-state index is 13.5. The van der Waals surface area contributed by atoms with Crippen molar-refractivity contribution in [3.8, 4) is 5.75 Å². The number of fused-ring (bicyclic) bond motifs is 2. The van der Waals surface area contributed by atoms with Crippen LogP contribution in [0.3, 0.4) is 0 Å². The van der Waals surface area contributed by atoms with Crippen molar-refractivity contribution < 1.29 is 30.9 Å². The van der Waals surface area contributed by atoms with Gasteiger partial charge in [0.1, 0.15) is 22.8 Å². The highest BCUT2D eigenvalue weighted by Crippen LogP contribution is 2.37. The van der Waals surface area contributed by atoms with Gasteiger partial charge in [-0.15, -0.1) is 0 Å². The Morgan fingerprint density at radius 1 is 1.15 bits per heavy atom. The van der Waals surface area contributed by atoms with E-state index in [1.807, 2.05) is 0 Å². The molecule has 0 aliphatic carbocycles. The second-order valence-corrected chi connectivity index (χ2v) is 9.60. The Balaban J connectivity index is 1.94. The standard InChI is InChI=1S/C21H19N3O7S2/c1-13-21(33(29,30)31-17-9-2-5-14-6-4-10-22-20(14)17)19-15(23-12-32(27)28)7-3-8-16(19)24(13)11-18(25)26/h2-10,23,32H,11-12H2,1H3,(H,25,26). The van der Waals surface area contributed by atoms with Gasteiger partial charge in [0.25, 0.3) is 0 Å². The van der Waals surface area contributed by atoms with E-state index in [1.54, 1.807) is 36.4 Å². The minimum absolute atomic E-state index is 0.0136. The minimum Gasteiger partial charge on any atom is -0.480 e. The van der Waals surface area contributed by atoms with Crippen LogP contribution < -0.4 is 9.50 Å². The van der Waals surface area contributed by atoms with E-state index in [2.05, 4.69) is 10.3 Å². The van der Waals surface area contributed by atoms with Gasteiger partial charge in [-0.25, -0.2) is 8.42 Å². The fourth-order valence-electron chi connectivity index (χ4n) is 3.73. The highest BCUT2D eigenvalue weighted by molar-refractivity contribution is 7.87. The number of nitrogens with zero attached hydrogens (tertiary/aromatic N) is 2. The Morgan fingerprint density at radius 3 is 2.61 bits per heavy atom. The number of carboxylic acids is 1. The molecule has 2 N–H and O–H groups in total. The first-order valence-corrected chi connectivity index (χ1v) is 12.4. The molecule has 12 heteroatoms. The number of para-hydroxylation sites is 1. The summed E-state index contributed by atoms with van der Waals surface area (Å²) < 4.78 is 56.1.